The fourth-order valence-electron chi connectivity index (χ4n) is 2.02. The van der Waals surface area contributed by atoms with E-state index < -0.39 is 0 Å². The van der Waals surface area contributed by atoms with Crippen molar-refractivity contribution in [1.29, 1.82) is 0 Å². The number of aromatic nitrogens is 2. The molecule has 0 aliphatic heterocycles. The molecule has 0 saturated heterocycles. The average Bonchev–Trinajstić information content (AvgIpc) is 2.96. The molecule has 0 atom stereocenters. The van der Waals surface area contributed by atoms with Gasteiger partial charge in [-0.1, -0.05) is 37.3 Å². The Hall–Kier alpha value is -2.62. The number of furan rings is 1. The molecular formula is C16H15N3O. The van der Waals surface area contributed by atoms with Gasteiger partial charge in [0, 0.05) is 18.1 Å². The molecule has 2 aromatic heterocycles. The Morgan fingerprint density at radius 3 is 2.55 bits per heavy atom. The summed E-state index contributed by atoms with van der Waals surface area (Å²) in [6.45, 7) is 2.04. The van der Waals surface area contributed by atoms with Crippen molar-refractivity contribution in [3.63, 3.8) is 0 Å². The molecule has 0 fully saturated rings. The Kier molecular flexibility index (Phi) is 3.21. The van der Waals surface area contributed by atoms with E-state index in [-0.39, 0.29) is 0 Å². The summed E-state index contributed by atoms with van der Waals surface area (Å²) in [5.74, 6) is 2.51. The third kappa shape index (κ3) is 2.40. The van der Waals surface area contributed by atoms with Gasteiger partial charge < -0.3 is 10.2 Å². The van der Waals surface area contributed by atoms with Gasteiger partial charge in [-0.25, -0.2) is 9.97 Å². The number of nitrogen functional groups attached to an aromatic ring is 1. The zero-order chi connectivity index (χ0) is 13.9. The Balaban J connectivity index is 2.07. The first-order chi connectivity index (χ1) is 9.76. The zero-order valence-electron chi connectivity index (χ0n) is 11.2. The van der Waals surface area contributed by atoms with E-state index in [2.05, 4.69) is 9.97 Å². The summed E-state index contributed by atoms with van der Waals surface area (Å²) in [6, 6.07) is 15.5. The Morgan fingerprint density at radius 2 is 1.85 bits per heavy atom. The maximum absolute atomic E-state index is 5.88. The number of aryl methyl sites for hydroxylation is 1. The van der Waals surface area contributed by atoms with Crippen LogP contribution in [0, 0.1) is 0 Å². The number of benzene rings is 1. The fraction of sp³-hybridized carbons (Fsp3) is 0.125. The van der Waals surface area contributed by atoms with Gasteiger partial charge in [-0.15, -0.1) is 0 Å². The van der Waals surface area contributed by atoms with Crippen molar-refractivity contribution >= 4 is 5.82 Å². The molecule has 4 heteroatoms. The van der Waals surface area contributed by atoms with E-state index in [0.29, 0.717) is 17.4 Å². The predicted molar refractivity (Wildman–Crippen MR) is 79.0 cm³/mol. The molecule has 0 saturated carbocycles. The number of nitrogens with two attached hydrogens (primary N) is 1. The summed E-state index contributed by atoms with van der Waals surface area (Å²) in [5, 5.41) is 0. The van der Waals surface area contributed by atoms with E-state index in [0.717, 1.165) is 23.4 Å². The quantitative estimate of drug-likeness (QED) is 0.786. The van der Waals surface area contributed by atoms with Crippen LogP contribution in [0.15, 0.2) is 52.9 Å². The maximum Gasteiger partial charge on any atom is 0.198 e. The van der Waals surface area contributed by atoms with Crippen LogP contribution in [0.25, 0.3) is 22.8 Å². The lowest BCUT2D eigenvalue weighted by Gasteiger charge is -2.04. The largest absolute Gasteiger partial charge is 0.458 e. The van der Waals surface area contributed by atoms with E-state index in [1.54, 1.807) is 6.07 Å². The van der Waals surface area contributed by atoms with Crippen LogP contribution in [-0.4, -0.2) is 9.97 Å². The van der Waals surface area contributed by atoms with Crippen LogP contribution >= 0.6 is 0 Å². The monoisotopic (exact) mass is 265 g/mol. The van der Waals surface area contributed by atoms with Crippen molar-refractivity contribution < 1.29 is 4.42 Å². The smallest absolute Gasteiger partial charge is 0.198 e. The van der Waals surface area contributed by atoms with Gasteiger partial charge in [0.15, 0.2) is 11.6 Å². The Bertz CT molecular complexity index is 720. The molecule has 100 valence electrons. The minimum Gasteiger partial charge on any atom is -0.458 e. The van der Waals surface area contributed by atoms with Crippen LogP contribution in [0.2, 0.25) is 0 Å². The molecule has 0 bridgehead atoms. The summed E-state index contributed by atoms with van der Waals surface area (Å²) in [4.78, 5) is 8.79. The highest BCUT2D eigenvalue weighted by Crippen LogP contribution is 2.24. The Labute approximate surface area is 117 Å². The van der Waals surface area contributed by atoms with Crippen LogP contribution in [0.4, 0.5) is 5.82 Å². The Morgan fingerprint density at radius 1 is 1.05 bits per heavy atom. The molecule has 4 nitrogen and oxygen atoms in total. The highest BCUT2D eigenvalue weighted by Gasteiger charge is 2.10. The normalized spacial score (nSPS) is 10.7. The van der Waals surface area contributed by atoms with Gasteiger partial charge in [0.1, 0.15) is 11.6 Å². The second kappa shape index (κ2) is 5.17. The summed E-state index contributed by atoms with van der Waals surface area (Å²) in [7, 11) is 0. The molecule has 2 N–H and O–H groups in total. The fourth-order valence-corrected chi connectivity index (χ4v) is 2.02. The van der Waals surface area contributed by atoms with Gasteiger partial charge in [0.2, 0.25) is 0 Å². The van der Waals surface area contributed by atoms with Crippen molar-refractivity contribution in [2.45, 2.75) is 13.3 Å². The van der Waals surface area contributed by atoms with E-state index in [1.807, 2.05) is 49.4 Å². The minimum absolute atomic E-state index is 0.434. The van der Waals surface area contributed by atoms with Crippen molar-refractivity contribution in [2.24, 2.45) is 0 Å². The summed E-state index contributed by atoms with van der Waals surface area (Å²) in [5.41, 5.74) is 7.68. The van der Waals surface area contributed by atoms with Crippen molar-refractivity contribution in [2.75, 3.05) is 5.73 Å². The van der Waals surface area contributed by atoms with Crippen LogP contribution in [0.5, 0.6) is 0 Å². The van der Waals surface area contributed by atoms with Gasteiger partial charge in [0.05, 0.1) is 5.69 Å². The average molecular weight is 265 g/mol. The summed E-state index contributed by atoms with van der Waals surface area (Å²) >= 11 is 0. The van der Waals surface area contributed by atoms with E-state index in [9.17, 15) is 0 Å². The molecule has 0 radical (unpaired) electrons. The molecule has 2 heterocycles. The minimum atomic E-state index is 0.434. The molecule has 3 aromatic rings. The van der Waals surface area contributed by atoms with Gasteiger partial charge in [0.25, 0.3) is 0 Å². The zero-order valence-corrected chi connectivity index (χ0v) is 11.2. The molecule has 0 aliphatic rings. The SMILES string of the molecule is CCc1ccc(-c2nc(N)cc(-c3ccccc3)n2)o1. The predicted octanol–water partition coefficient (Wildman–Crippen LogP) is 3.55. The van der Waals surface area contributed by atoms with Gasteiger partial charge in [-0.3, -0.25) is 0 Å². The molecule has 20 heavy (non-hydrogen) atoms. The molecule has 0 spiro atoms. The first-order valence-corrected chi connectivity index (χ1v) is 6.55. The molecule has 0 aliphatic carbocycles. The standard InChI is InChI=1S/C16H15N3O/c1-2-12-8-9-14(20-12)16-18-13(10-15(17)19-16)11-6-4-3-5-7-11/h3-10H,2H2,1H3,(H2,17,18,19). The van der Waals surface area contributed by atoms with Crippen molar-refractivity contribution in [3.05, 3.63) is 54.3 Å². The lowest BCUT2D eigenvalue weighted by atomic mass is 10.1. The topological polar surface area (TPSA) is 64.9 Å². The third-order valence-electron chi connectivity index (χ3n) is 3.05. The number of anilines is 1. The first kappa shape index (κ1) is 12.4. The molecule has 1 aromatic carbocycles. The van der Waals surface area contributed by atoms with Crippen LogP contribution in [0.1, 0.15) is 12.7 Å². The highest BCUT2D eigenvalue weighted by atomic mass is 16.3. The first-order valence-electron chi connectivity index (χ1n) is 6.55. The van der Waals surface area contributed by atoms with E-state index in [4.69, 9.17) is 10.2 Å². The summed E-state index contributed by atoms with van der Waals surface area (Å²) < 4.78 is 5.68. The second-order valence-corrected chi connectivity index (χ2v) is 4.49. The molecular weight excluding hydrogens is 250 g/mol. The van der Waals surface area contributed by atoms with Crippen molar-refractivity contribution in [1.82, 2.24) is 9.97 Å². The molecule has 0 unspecified atom stereocenters. The molecule has 0 amide bonds. The van der Waals surface area contributed by atoms with Crippen LogP contribution in [-0.2, 0) is 6.42 Å². The second-order valence-electron chi connectivity index (χ2n) is 4.49. The maximum atomic E-state index is 5.88. The van der Waals surface area contributed by atoms with Crippen LogP contribution < -0.4 is 5.73 Å². The number of hydrogen-bond acceptors (Lipinski definition) is 4. The van der Waals surface area contributed by atoms with Gasteiger partial charge in [-0.2, -0.15) is 0 Å². The van der Waals surface area contributed by atoms with Gasteiger partial charge >= 0.3 is 0 Å². The molecule has 3 rings (SSSR count). The van der Waals surface area contributed by atoms with Gasteiger partial charge in [-0.05, 0) is 12.1 Å². The van der Waals surface area contributed by atoms with Crippen molar-refractivity contribution in [3.8, 4) is 22.8 Å². The lowest BCUT2D eigenvalue weighted by Crippen LogP contribution is -1.97. The number of nitrogens with zero attached hydrogens (tertiary/aromatic N) is 2. The van der Waals surface area contributed by atoms with Crippen LogP contribution in [0.3, 0.4) is 0 Å². The number of rotatable bonds is 3. The third-order valence-corrected chi connectivity index (χ3v) is 3.05. The highest BCUT2D eigenvalue weighted by molar-refractivity contribution is 5.65. The van der Waals surface area contributed by atoms with E-state index >= 15 is 0 Å². The number of hydrogen-bond donors (Lipinski definition) is 1. The lowest BCUT2D eigenvalue weighted by molar-refractivity contribution is 0.525. The van der Waals surface area contributed by atoms with E-state index in [1.165, 1.54) is 0 Å². The summed E-state index contributed by atoms with van der Waals surface area (Å²) in [6.07, 6.45) is 0.841.